The molecule has 0 radical (unpaired) electrons. The van der Waals surface area contributed by atoms with Crippen LogP contribution < -0.4 is 5.73 Å². The number of carbonyl (C=O) groups is 1. The van der Waals surface area contributed by atoms with Gasteiger partial charge in [-0.05, 0) is 38.7 Å². The van der Waals surface area contributed by atoms with E-state index in [1.165, 1.54) is 11.3 Å². The van der Waals surface area contributed by atoms with Crippen LogP contribution in [0.2, 0.25) is 5.02 Å². The number of likely N-dealkylation sites (tertiary alicyclic amines) is 1. The summed E-state index contributed by atoms with van der Waals surface area (Å²) < 4.78 is 0. The van der Waals surface area contributed by atoms with Crippen molar-refractivity contribution in [3.8, 4) is 0 Å². The molecule has 2 atom stereocenters. The maximum absolute atomic E-state index is 12.3. The summed E-state index contributed by atoms with van der Waals surface area (Å²) in [6.45, 7) is 2.85. The molecule has 0 spiro atoms. The van der Waals surface area contributed by atoms with Gasteiger partial charge in [0.15, 0.2) is 0 Å². The van der Waals surface area contributed by atoms with Crippen molar-refractivity contribution >= 4 is 28.8 Å². The number of amides is 1. The molecule has 0 bridgehead atoms. The van der Waals surface area contributed by atoms with Gasteiger partial charge in [-0.25, -0.2) is 0 Å². The maximum atomic E-state index is 12.3. The average Bonchev–Trinajstić information content (AvgIpc) is 2.81. The first-order valence-corrected chi connectivity index (χ1v) is 8.11. The van der Waals surface area contributed by atoms with Gasteiger partial charge in [0, 0.05) is 35.3 Å². The van der Waals surface area contributed by atoms with Crippen molar-refractivity contribution in [2.75, 3.05) is 6.54 Å². The number of halogens is 1. The lowest BCUT2D eigenvalue weighted by molar-refractivity contribution is -0.135. The van der Waals surface area contributed by atoms with E-state index in [1.807, 2.05) is 23.3 Å². The van der Waals surface area contributed by atoms with Crippen LogP contribution in [0, 0.1) is 0 Å². The van der Waals surface area contributed by atoms with E-state index in [1.54, 1.807) is 11.3 Å². The van der Waals surface area contributed by atoms with Gasteiger partial charge in [0.25, 0.3) is 0 Å². The quantitative estimate of drug-likeness (QED) is 0.929. The number of nitrogens with two attached hydrogens (primary N) is 1. The summed E-state index contributed by atoms with van der Waals surface area (Å²) in [4.78, 5) is 15.5. The van der Waals surface area contributed by atoms with Crippen LogP contribution in [0.4, 0.5) is 0 Å². The van der Waals surface area contributed by atoms with Crippen molar-refractivity contribution in [2.45, 2.75) is 51.1 Å². The zero-order valence-electron chi connectivity index (χ0n) is 11.3. The Morgan fingerprint density at radius 1 is 1.63 bits per heavy atom. The van der Waals surface area contributed by atoms with E-state index in [2.05, 4.69) is 0 Å². The number of nitrogens with zero attached hydrogens (tertiary/aromatic N) is 1. The van der Waals surface area contributed by atoms with Crippen molar-refractivity contribution in [1.82, 2.24) is 4.90 Å². The van der Waals surface area contributed by atoms with E-state index in [0.717, 1.165) is 30.8 Å². The molecule has 0 saturated carbocycles. The van der Waals surface area contributed by atoms with E-state index in [4.69, 9.17) is 17.3 Å². The number of carbonyl (C=O) groups excluding carboxylic acids is 1. The van der Waals surface area contributed by atoms with Crippen LogP contribution in [0.25, 0.3) is 0 Å². The second kappa shape index (κ2) is 6.73. The van der Waals surface area contributed by atoms with Crippen molar-refractivity contribution in [1.29, 1.82) is 0 Å². The molecule has 0 aromatic carbocycles. The number of hydrogen-bond acceptors (Lipinski definition) is 3. The number of piperidine rings is 1. The fourth-order valence-electron chi connectivity index (χ4n) is 2.67. The summed E-state index contributed by atoms with van der Waals surface area (Å²) in [6.07, 6.45) is 4.64. The summed E-state index contributed by atoms with van der Waals surface area (Å²) >= 11 is 7.51. The first-order valence-electron chi connectivity index (χ1n) is 6.86. The minimum absolute atomic E-state index is 0.0560. The summed E-state index contributed by atoms with van der Waals surface area (Å²) in [6, 6.07) is 2.22. The Hall–Kier alpha value is -0.580. The molecule has 1 amide bonds. The third kappa shape index (κ3) is 3.94. The molecule has 2 N–H and O–H groups in total. The Balaban J connectivity index is 1.90. The highest BCUT2D eigenvalue weighted by Gasteiger charge is 2.28. The number of hydrogen-bond donors (Lipinski definition) is 1. The number of aryl methyl sites for hydroxylation is 1. The molecule has 2 rings (SSSR count). The average molecular weight is 301 g/mol. The molecule has 1 aliphatic rings. The molecular formula is C14H21ClN2OS. The molecule has 1 fully saturated rings. The normalized spacial score (nSPS) is 21.4. The molecule has 1 aromatic heterocycles. The van der Waals surface area contributed by atoms with Crippen LogP contribution in [0.3, 0.4) is 0 Å². The van der Waals surface area contributed by atoms with Crippen molar-refractivity contribution in [2.24, 2.45) is 5.73 Å². The van der Waals surface area contributed by atoms with Gasteiger partial charge in [-0.1, -0.05) is 11.6 Å². The van der Waals surface area contributed by atoms with Crippen molar-refractivity contribution in [3.05, 3.63) is 21.3 Å². The molecule has 19 heavy (non-hydrogen) atoms. The van der Waals surface area contributed by atoms with Gasteiger partial charge in [-0.3, -0.25) is 4.79 Å². The molecule has 3 nitrogen and oxygen atoms in total. The van der Waals surface area contributed by atoms with Crippen LogP contribution in [0.15, 0.2) is 11.4 Å². The zero-order chi connectivity index (χ0) is 13.8. The Kier molecular flexibility index (Phi) is 5.25. The highest BCUT2D eigenvalue weighted by molar-refractivity contribution is 7.10. The highest BCUT2D eigenvalue weighted by Crippen LogP contribution is 2.23. The summed E-state index contributed by atoms with van der Waals surface area (Å²) in [7, 11) is 0. The Morgan fingerprint density at radius 3 is 3.05 bits per heavy atom. The van der Waals surface area contributed by atoms with Crippen molar-refractivity contribution < 1.29 is 4.79 Å². The molecular weight excluding hydrogens is 280 g/mol. The third-order valence-corrected chi connectivity index (χ3v) is 5.03. The predicted molar refractivity (Wildman–Crippen MR) is 80.7 cm³/mol. The minimum Gasteiger partial charge on any atom is -0.338 e. The first-order chi connectivity index (χ1) is 9.08. The predicted octanol–water partition coefficient (Wildman–Crippen LogP) is 3.06. The lowest BCUT2D eigenvalue weighted by Gasteiger charge is -2.38. The largest absolute Gasteiger partial charge is 0.338 e. The second-order valence-corrected chi connectivity index (χ2v) is 6.67. The van der Waals surface area contributed by atoms with E-state index in [0.29, 0.717) is 6.42 Å². The van der Waals surface area contributed by atoms with E-state index in [-0.39, 0.29) is 18.0 Å². The SMILES string of the molecule is CC(N)C1CCCCN1C(=O)CCc1cc(Cl)cs1. The molecule has 0 aliphatic carbocycles. The van der Waals surface area contributed by atoms with Gasteiger partial charge >= 0.3 is 0 Å². The topological polar surface area (TPSA) is 46.3 Å². The smallest absolute Gasteiger partial charge is 0.223 e. The van der Waals surface area contributed by atoms with Gasteiger partial charge in [-0.15, -0.1) is 11.3 Å². The molecule has 2 heterocycles. The Bertz CT molecular complexity index is 433. The molecule has 2 unspecified atom stereocenters. The molecule has 1 aromatic rings. The van der Waals surface area contributed by atoms with Crippen LogP contribution in [0.5, 0.6) is 0 Å². The third-order valence-electron chi connectivity index (χ3n) is 3.68. The molecule has 106 valence electrons. The van der Waals surface area contributed by atoms with E-state index in [9.17, 15) is 4.79 Å². The molecule has 5 heteroatoms. The number of thiophene rings is 1. The van der Waals surface area contributed by atoms with Gasteiger partial charge in [0.2, 0.25) is 5.91 Å². The summed E-state index contributed by atoms with van der Waals surface area (Å²) in [5.41, 5.74) is 6.00. The van der Waals surface area contributed by atoms with Gasteiger partial charge < -0.3 is 10.6 Å². The van der Waals surface area contributed by atoms with Crippen molar-refractivity contribution in [3.63, 3.8) is 0 Å². The van der Waals surface area contributed by atoms with Gasteiger partial charge in [-0.2, -0.15) is 0 Å². The summed E-state index contributed by atoms with van der Waals surface area (Å²) in [5.74, 6) is 0.228. The Morgan fingerprint density at radius 2 is 2.42 bits per heavy atom. The fraction of sp³-hybridized carbons (Fsp3) is 0.643. The lowest BCUT2D eigenvalue weighted by atomic mass is 9.96. The summed E-state index contributed by atoms with van der Waals surface area (Å²) in [5, 5.41) is 2.67. The highest BCUT2D eigenvalue weighted by atomic mass is 35.5. The maximum Gasteiger partial charge on any atom is 0.223 e. The molecule has 1 saturated heterocycles. The van der Waals surface area contributed by atoms with E-state index < -0.39 is 0 Å². The van der Waals surface area contributed by atoms with Crippen LogP contribution in [-0.4, -0.2) is 29.4 Å². The molecule has 1 aliphatic heterocycles. The lowest BCUT2D eigenvalue weighted by Crippen LogP contribution is -2.51. The van der Waals surface area contributed by atoms with Crippen LogP contribution in [-0.2, 0) is 11.2 Å². The van der Waals surface area contributed by atoms with Gasteiger partial charge in [0.05, 0.1) is 5.02 Å². The van der Waals surface area contributed by atoms with E-state index >= 15 is 0 Å². The fourth-order valence-corrected chi connectivity index (χ4v) is 3.75. The Labute approximate surface area is 123 Å². The standard InChI is InChI=1S/C14H21ClN2OS/c1-10(16)13-4-2-3-7-17(13)14(18)6-5-12-8-11(15)9-19-12/h8-10,13H,2-7,16H2,1H3. The zero-order valence-corrected chi connectivity index (χ0v) is 12.8. The van der Waals surface area contributed by atoms with Gasteiger partial charge in [0.1, 0.15) is 0 Å². The van der Waals surface area contributed by atoms with Crippen LogP contribution in [0.1, 0.15) is 37.5 Å². The second-order valence-electron chi connectivity index (χ2n) is 5.24. The first kappa shape index (κ1) is 14.8. The van der Waals surface area contributed by atoms with Crippen LogP contribution >= 0.6 is 22.9 Å². The monoisotopic (exact) mass is 300 g/mol. The minimum atomic E-state index is 0.0560. The number of rotatable bonds is 4.